The van der Waals surface area contributed by atoms with Crippen LogP contribution in [0, 0.1) is 0 Å². The minimum absolute atomic E-state index is 1.02. The molecule has 0 unspecified atom stereocenters. The Bertz CT molecular complexity index is 259. The Hall–Kier alpha value is -0.960. The zero-order valence-corrected chi connectivity index (χ0v) is 6.06. The molecule has 0 saturated carbocycles. The quantitative estimate of drug-likeness (QED) is 0.613. The molecule has 3 heteroatoms. The van der Waals surface area contributed by atoms with Gasteiger partial charge in [-0.05, 0) is 23.0 Å². The minimum atomic E-state index is 1.02. The number of hydrogen-bond donors (Lipinski definition) is 1. The van der Waals surface area contributed by atoms with Gasteiger partial charge < -0.3 is 4.98 Å². The lowest BCUT2D eigenvalue weighted by Gasteiger charge is -1.83. The average Bonchev–Trinajstić information content (AvgIpc) is 2.28. The van der Waals surface area contributed by atoms with Crippen LogP contribution >= 0.6 is 11.8 Å². The van der Waals surface area contributed by atoms with Gasteiger partial charge in [0.15, 0.2) is 0 Å². The van der Waals surface area contributed by atoms with Crippen molar-refractivity contribution in [2.24, 2.45) is 0 Å². The molecule has 0 spiro atoms. The van der Waals surface area contributed by atoms with E-state index < -0.39 is 0 Å². The number of imidazole rings is 1. The van der Waals surface area contributed by atoms with E-state index in [1.165, 1.54) is 0 Å². The normalized spacial score (nSPS) is 14.8. The van der Waals surface area contributed by atoms with Crippen molar-refractivity contribution in [2.45, 2.75) is 0 Å². The molecule has 2 rings (SSSR count). The Kier molecular flexibility index (Phi) is 1.36. The summed E-state index contributed by atoms with van der Waals surface area (Å²) in [7, 11) is 0. The lowest BCUT2D eigenvalue weighted by molar-refractivity contribution is 1.30. The molecular weight excluding hydrogens is 144 g/mol. The number of nitrogens with zero attached hydrogens (tertiary/aromatic N) is 1. The molecule has 1 N–H and O–H groups in total. The summed E-state index contributed by atoms with van der Waals surface area (Å²) in [6, 6.07) is 0. The number of rotatable bonds is 0. The zero-order valence-electron chi connectivity index (χ0n) is 5.24. The fourth-order valence-corrected chi connectivity index (χ4v) is 1.35. The first kappa shape index (κ1) is 5.80. The van der Waals surface area contributed by atoms with Gasteiger partial charge in [0, 0.05) is 0 Å². The van der Waals surface area contributed by atoms with Crippen LogP contribution < -0.4 is 0 Å². The Morgan fingerprint density at radius 2 is 2.20 bits per heavy atom. The largest absolute Gasteiger partial charge is 0.345 e. The monoisotopic (exact) mass is 150 g/mol. The first-order valence-electron chi connectivity index (χ1n) is 2.99. The van der Waals surface area contributed by atoms with E-state index in [4.69, 9.17) is 0 Å². The maximum absolute atomic E-state index is 4.11. The third-order valence-corrected chi connectivity index (χ3v) is 1.90. The maximum atomic E-state index is 4.11. The summed E-state index contributed by atoms with van der Waals surface area (Å²) in [6.45, 7) is 0. The maximum Gasteiger partial charge on any atom is 0.0931 e. The first-order valence-corrected chi connectivity index (χ1v) is 3.93. The number of nitrogens with one attached hydrogen (secondary N) is 1. The number of fused-ring (bicyclic) bond motifs is 1. The van der Waals surface area contributed by atoms with Gasteiger partial charge >= 0.3 is 0 Å². The van der Waals surface area contributed by atoms with Gasteiger partial charge in [-0.2, -0.15) is 0 Å². The van der Waals surface area contributed by atoms with Crippen molar-refractivity contribution >= 4 is 23.9 Å². The predicted octanol–water partition coefficient (Wildman–Crippen LogP) is 2.10. The minimum Gasteiger partial charge on any atom is -0.345 e. The summed E-state index contributed by atoms with van der Waals surface area (Å²) >= 11 is 1.66. The van der Waals surface area contributed by atoms with Gasteiger partial charge in [0.2, 0.25) is 0 Å². The molecule has 10 heavy (non-hydrogen) atoms. The number of thioether (sulfide) groups is 1. The van der Waals surface area contributed by atoms with Crippen LogP contribution in [-0.4, -0.2) is 9.97 Å². The third kappa shape index (κ3) is 0.885. The zero-order chi connectivity index (χ0) is 6.81. The van der Waals surface area contributed by atoms with Crippen molar-refractivity contribution in [3.8, 4) is 0 Å². The highest BCUT2D eigenvalue weighted by molar-refractivity contribution is 8.05. The molecule has 0 saturated heterocycles. The van der Waals surface area contributed by atoms with Crippen LogP contribution in [-0.2, 0) is 0 Å². The first-order chi connectivity index (χ1) is 4.97. The Morgan fingerprint density at radius 3 is 3.20 bits per heavy atom. The molecule has 50 valence electrons. The van der Waals surface area contributed by atoms with Crippen LogP contribution in [0.1, 0.15) is 11.4 Å². The molecule has 1 aromatic heterocycles. The van der Waals surface area contributed by atoms with Crippen molar-refractivity contribution in [2.75, 3.05) is 0 Å². The SMILES string of the molecule is C1=Cc2nc[nH]c2C=CS1. The topological polar surface area (TPSA) is 28.7 Å². The molecule has 1 aromatic rings. The van der Waals surface area contributed by atoms with Crippen molar-refractivity contribution in [3.63, 3.8) is 0 Å². The summed E-state index contributed by atoms with van der Waals surface area (Å²) in [5.41, 5.74) is 2.10. The standard InChI is InChI=1S/C7H6N2S/c1-3-10-4-2-7-6(1)8-5-9-7/h1-5H,(H,8,9). The van der Waals surface area contributed by atoms with Crippen LogP contribution in [0.3, 0.4) is 0 Å². The van der Waals surface area contributed by atoms with E-state index in [0.29, 0.717) is 0 Å². The molecule has 1 aliphatic rings. The summed E-state index contributed by atoms with van der Waals surface area (Å²) < 4.78 is 0. The molecule has 0 bridgehead atoms. The van der Waals surface area contributed by atoms with Crippen LogP contribution in [0.25, 0.3) is 12.2 Å². The fourth-order valence-electron chi connectivity index (χ4n) is 0.838. The van der Waals surface area contributed by atoms with Crippen LogP contribution in [0.15, 0.2) is 17.1 Å². The molecule has 0 amide bonds. The second-order valence-corrected chi connectivity index (χ2v) is 2.76. The molecule has 1 aliphatic heterocycles. The summed E-state index contributed by atoms with van der Waals surface area (Å²) in [6.07, 6.45) is 5.72. The fraction of sp³-hybridized carbons (Fsp3) is 0. The molecule has 0 aromatic carbocycles. The molecule has 2 heterocycles. The second-order valence-electron chi connectivity index (χ2n) is 1.94. The molecule has 0 atom stereocenters. The number of hydrogen-bond acceptors (Lipinski definition) is 2. The van der Waals surface area contributed by atoms with Gasteiger partial charge in [0.25, 0.3) is 0 Å². The lowest BCUT2D eigenvalue weighted by Crippen LogP contribution is -1.73. The number of aromatic nitrogens is 2. The Labute approximate surface area is 63.1 Å². The van der Waals surface area contributed by atoms with Crippen LogP contribution in [0.4, 0.5) is 0 Å². The van der Waals surface area contributed by atoms with Crippen molar-refractivity contribution < 1.29 is 0 Å². The predicted molar refractivity (Wildman–Crippen MR) is 44.2 cm³/mol. The van der Waals surface area contributed by atoms with Gasteiger partial charge in [-0.1, -0.05) is 0 Å². The Balaban J connectivity index is 2.56. The molecular formula is C7H6N2S. The van der Waals surface area contributed by atoms with Gasteiger partial charge in [-0.15, -0.1) is 11.8 Å². The van der Waals surface area contributed by atoms with E-state index >= 15 is 0 Å². The molecule has 0 radical (unpaired) electrons. The highest BCUT2D eigenvalue weighted by Gasteiger charge is 1.98. The van der Waals surface area contributed by atoms with E-state index in [1.807, 2.05) is 23.0 Å². The lowest BCUT2D eigenvalue weighted by atomic mass is 10.3. The van der Waals surface area contributed by atoms with Gasteiger partial charge in [-0.3, -0.25) is 0 Å². The van der Waals surface area contributed by atoms with Crippen molar-refractivity contribution in [1.82, 2.24) is 9.97 Å². The van der Waals surface area contributed by atoms with Gasteiger partial charge in [-0.25, -0.2) is 4.98 Å². The van der Waals surface area contributed by atoms with Gasteiger partial charge in [0.1, 0.15) is 0 Å². The summed E-state index contributed by atoms with van der Waals surface area (Å²) in [4.78, 5) is 7.14. The summed E-state index contributed by atoms with van der Waals surface area (Å²) in [5.74, 6) is 0. The summed E-state index contributed by atoms with van der Waals surface area (Å²) in [5, 5.41) is 4.05. The van der Waals surface area contributed by atoms with E-state index in [-0.39, 0.29) is 0 Å². The highest BCUT2D eigenvalue weighted by atomic mass is 32.2. The van der Waals surface area contributed by atoms with Crippen molar-refractivity contribution in [1.29, 1.82) is 0 Å². The highest BCUT2D eigenvalue weighted by Crippen LogP contribution is 2.17. The third-order valence-electron chi connectivity index (χ3n) is 1.32. The second kappa shape index (κ2) is 2.34. The number of aromatic amines is 1. The molecule has 2 nitrogen and oxygen atoms in total. The van der Waals surface area contributed by atoms with Gasteiger partial charge in [0.05, 0.1) is 17.7 Å². The average molecular weight is 150 g/mol. The van der Waals surface area contributed by atoms with E-state index in [1.54, 1.807) is 18.1 Å². The van der Waals surface area contributed by atoms with Crippen LogP contribution in [0.2, 0.25) is 0 Å². The van der Waals surface area contributed by atoms with E-state index in [0.717, 1.165) is 11.4 Å². The molecule has 0 fully saturated rings. The van der Waals surface area contributed by atoms with E-state index in [9.17, 15) is 0 Å². The Morgan fingerprint density at radius 1 is 1.30 bits per heavy atom. The number of H-pyrrole nitrogens is 1. The molecule has 0 aliphatic carbocycles. The van der Waals surface area contributed by atoms with E-state index in [2.05, 4.69) is 9.97 Å². The smallest absolute Gasteiger partial charge is 0.0931 e. The van der Waals surface area contributed by atoms with Crippen LogP contribution in [0.5, 0.6) is 0 Å². The van der Waals surface area contributed by atoms with Crippen molar-refractivity contribution in [3.05, 3.63) is 28.5 Å².